The van der Waals surface area contributed by atoms with Gasteiger partial charge in [0.25, 0.3) is 0 Å². The Morgan fingerprint density at radius 1 is 1.30 bits per heavy atom. The molecule has 5 nitrogen and oxygen atoms in total. The number of hydrogen-bond donors (Lipinski definition) is 1. The molecule has 23 heavy (non-hydrogen) atoms. The fourth-order valence-corrected chi connectivity index (χ4v) is 2.99. The van der Waals surface area contributed by atoms with Crippen LogP contribution in [0.4, 0.5) is 8.78 Å². The van der Waals surface area contributed by atoms with Crippen molar-refractivity contribution in [3.63, 3.8) is 0 Å². The van der Waals surface area contributed by atoms with Crippen molar-refractivity contribution in [2.24, 2.45) is 5.73 Å². The molecule has 3 unspecified atom stereocenters. The molecule has 128 valence electrons. The number of ether oxygens (including phenoxy) is 3. The van der Waals surface area contributed by atoms with Gasteiger partial charge in [0.15, 0.2) is 11.5 Å². The summed E-state index contributed by atoms with van der Waals surface area (Å²) in [6, 6.07) is 4.70. The van der Waals surface area contributed by atoms with E-state index in [0.29, 0.717) is 6.42 Å². The predicted molar refractivity (Wildman–Crippen MR) is 79.7 cm³/mol. The van der Waals surface area contributed by atoms with Gasteiger partial charge in [0.1, 0.15) is 6.10 Å². The Morgan fingerprint density at radius 3 is 2.65 bits per heavy atom. The van der Waals surface area contributed by atoms with Crippen molar-refractivity contribution < 1.29 is 27.8 Å². The quantitative estimate of drug-likeness (QED) is 0.841. The van der Waals surface area contributed by atoms with Crippen LogP contribution in [0.15, 0.2) is 18.2 Å². The molecule has 0 heterocycles. The first-order valence-corrected chi connectivity index (χ1v) is 7.46. The van der Waals surface area contributed by atoms with E-state index >= 15 is 0 Å². The number of rotatable bonds is 5. The molecule has 0 saturated heterocycles. The Bertz CT molecular complexity index is 553. The van der Waals surface area contributed by atoms with Crippen LogP contribution in [0.5, 0.6) is 11.5 Å². The molecule has 0 amide bonds. The second kappa shape index (κ2) is 7.59. The fraction of sp³-hybridized carbons (Fsp3) is 0.562. The molecule has 2 N–H and O–H groups in total. The van der Waals surface area contributed by atoms with Gasteiger partial charge in [-0.2, -0.15) is 8.78 Å². The van der Waals surface area contributed by atoms with Crippen LogP contribution >= 0.6 is 0 Å². The minimum atomic E-state index is -2.92. The molecule has 0 aromatic heterocycles. The lowest BCUT2D eigenvalue weighted by atomic mass is 9.79. The van der Waals surface area contributed by atoms with Crippen LogP contribution in [-0.2, 0) is 9.53 Å². The van der Waals surface area contributed by atoms with Crippen molar-refractivity contribution in [2.45, 2.75) is 50.9 Å². The lowest BCUT2D eigenvalue weighted by molar-refractivity contribution is -0.148. The summed E-state index contributed by atoms with van der Waals surface area (Å²) in [5.41, 5.74) is 7.04. The standard InChI is InChI=1S/C16H21F2NO4/c1-9(20)22-11-4-5-13(19)12(8-11)10-3-6-14(23-16(17)18)15(7-10)21-2/h3,6-7,11-13,16H,4-5,8,19H2,1-2H3. The minimum absolute atomic E-state index is 0.0211. The molecule has 1 saturated carbocycles. The highest BCUT2D eigenvalue weighted by Gasteiger charge is 2.31. The molecule has 7 heteroatoms. The summed E-state index contributed by atoms with van der Waals surface area (Å²) in [5, 5.41) is 0. The van der Waals surface area contributed by atoms with Crippen LogP contribution in [0, 0.1) is 0 Å². The maximum absolute atomic E-state index is 12.4. The minimum Gasteiger partial charge on any atom is -0.493 e. The van der Waals surface area contributed by atoms with Crippen LogP contribution in [-0.4, -0.2) is 31.8 Å². The van der Waals surface area contributed by atoms with Crippen LogP contribution in [0.1, 0.15) is 37.7 Å². The van der Waals surface area contributed by atoms with Crippen molar-refractivity contribution in [3.8, 4) is 11.5 Å². The van der Waals surface area contributed by atoms with Gasteiger partial charge in [-0.25, -0.2) is 0 Å². The number of benzene rings is 1. The van der Waals surface area contributed by atoms with E-state index in [4.69, 9.17) is 15.2 Å². The van der Waals surface area contributed by atoms with E-state index in [1.54, 1.807) is 12.1 Å². The molecule has 0 radical (unpaired) electrons. The zero-order valence-corrected chi connectivity index (χ0v) is 13.1. The molecular formula is C16H21F2NO4. The monoisotopic (exact) mass is 329 g/mol. The van der Waals surface area contributed by atoms with Crippen molar-refractivity contribution in [2.75, 3.05) is 7.11 Å². The Morgan fingerprint density at radius 2 is 2.04 bits per heavy atom. The average Bonchev–Trinajstić information content (AvgIpc) is 2.48. The molecule has 1 aromatic rings. The van der Waals surface area contributed by atoms with E-state index < -0.39 is 6.61 Å². The Hall–Kier alpha value is -1.89. The third-order valence-corrected chi connectivity index (χ3v) is 4.02. The highest BCUT2D eigenvalue weighted by atomic mass is 19.3. The molecule has 3 atom stereocenters. The fourth-order valence-electron chi connectivity index (χ4n) is 2.99. The highest BCUT2D eigenvalue weighted by Crippen LogP contribution is 2.38. The van der Waals surface area contributed by atoms with Gasteiger partial charge in [0.2, 0.25) is 0 Å². The molecule has 0 bridgehead atoms. The van der Waals surface area contributed by atoms with E-state index in [-0.39, 0.29) is 35.5 Å². The lowest BCUT2D eigenvalue weighted by Gasteiger charge is -2.34. The second-order valence-electron chi connectivity index (χ2n) is 5.60. The first kappa shape index (κ1) is 17.5. The number of methoxy groups -OCH3 is 1. The van der Waals surface area contributed by atoms with E-state index in [0.717, 1.165) is 18.4 Å². The summed E-state index contributed by atoms with van der Waals surface area (Å²) in [5.74, 6) is -0.151. The third-order valence-electron chi connectivity index (χ3n) is 4.02. The zero-order chi connectivity index (χ0) is 17.0. The van der Waals surface area contributed by atoms with Crippen LogP contribution in [0.3, 0.4) is 0 Å². The first-order chi connectivity index (χ1) is 10.9. The summed E-state index contributed by atoms with van der Waals surface area (Å²) in [6.07, 6.45) is 1.86. The number of halogens is 2. The van der Waals surface area contributed by atoms with E-state index in [1.807, 2.05) is 0 Å². The maximum atomic E-state index is 12.4. The van der Waals surface area contributed by atoms with Gasteiger partial charge in [0.05, 0.1) is 7.11 Å². The van der Waals surface area contributed by atoms with E-state index in [2.05, 4.69) is 4.74 Å². The van der Waals surface area contributed by atoms with Gasteiger partial charge >= 0.3 is 12.6 Å². The summed E-state index contributed by atoms with van der Waals surface area (Å²) < 4.78 is 39.6. The molecule has 1 fully saturated rings. The third kappa shape index (κ3) is 4.54. The van der Waals surface area contributed by atoms with Crippen LogP contribution < -0.4 is 15.2 Å². The topological polar surface area (TPSA) is 70.8 Å². The lowest BCUT2D eigenvalue weighted by Crippen LogP contribution is -2.38. The molecule has 1 aliphatic carbocycles. The van der Waals surface area contributed by atoms with Gasteiger partial charge in [-0.1, -0.05) is 6.07 Å². The summed E-state index contributed by atoms with van der Waals surface area (Å²) >= 11 is 0. The molecule has 0 aliphatic heterocycles. The number of esters is 1. The van der Waals surface area contributed by atoms with Crippen molar-refractivity contribution in [3.05, 3.63) is 23.8 Å². The van der Waals surface area contributed by atoms with Crippen molar-refractivity contribution in [1.29, 1.82) is 0 Å². The second-order valence-corrected chi connectivity index (χ2v) is 5.60. The average molecular weight is 329 g/mol. The van der Waals surface area contributed by atoms with Gasteiger partial charge in [-0.05, 0) is 37.0 Å². The van der Waals surface area contributed by atoms with Crippen molar-refractivity contribution >= 4 is 5.97 Å². The van der Waals surface area contributed by atoms with E-state index in [1.165, 1.54) is 20.1 Å². The van der Waals surface area contributed by atoms with Crippen LogP contribution in [0.2, 0.25) is 0 Å². The zero-order valence-electron chi connectivity index (χ0n) is 13.1. The Balaban J connectivity index is 2.19. The predicted octanol–water partition coefficient (Wildman–Crippen LogP) is 2.82. The van der Waals surface area contributed by atoms with Gasteiger partial charge in [0, 0.05) is 18.9 Å². The van der Waals surface area contributed by atoms with Gasteiger partial charge < -0.3 is 19.9 Å². The molecule has 0 spiro atoms. The Labute approximate surface area is 133 Å². The largest absolute Gasteiger partial charge is 0.493 e. The van der Waals surface area contributed by atoms with E-state index in [9.17, 15) is 13.6 Å². The molecule has 2 rings (SSSR count). The highest BCUT2D eigenvalue weighted by molar-refractivity contribution is 5.66. The van der Waals surface area contributed by atoms with Gasteiger partial charge in [-0.3, -0.25) is 4.79 Å². The van der Waals surface area contributed by atoms with Gasteiger partial charge in [-0.15, -0.1) is 0 Å². The number of alkyl halides is 2. The molecule has 1 aromatic carbocycles. The SMILES string of the molecule is COc1cc(C2CC(OC(C)=O)CCC2N)ccc1OC(F)F. The van der Waals surface area contributed by atoms with Crippen molar-refractivity contribution in [1.82, 2.24) is 0 Å². The number of carbonyl (C=O) groups excluding carboxylic acids is 1. The normalized spacial score (nSPS) is 24.3. The smallest absolute Gasteiger partial charge is 0.387 e. The summed E-state index contributed by atoms with van der Waals surface area (Å²) in [6.45, 7) is -1.54. The number of hydrogen-bond acceptors (Lipinski definition) is 5. The van der Waals surface area contributed by atoms with Crippen LogP contribution in [0.25, 0.3) is 0 Å². The summed E-state index contributed by atoms with van der Waals surface area (Å²) in [7, 11) is 1.39. The number of nitrogens with two attached hydrogens (primary N) is 1. The number of carbonyl (C=O) groups is 1. The molecule has 1 aliphatic rings. The maximum Gasteiger partial charge on any atom is 0.387 e. The first-order valence-electron chi connectivity index (χ1n) is 7.46. The molecular weight excluding hydrogens is 308 g/mol. The summed E-state index contributed by atoms with van der Waals surface area (Å²) in [4.78, 5) is 11.1. The Kier molecular flexibility index (Phi) is 5.76.